The summed E-state index contributed by atoms with van der Waals surface area (Å²) >= 11 is 0. The van der Waals surface area contributed by atoms with Crippen molar-refractivity contribution in [2.75, 3.05) is 22.7 Å². The fourth-order valence-corrected chi connectivity index (χ4v) is 3.74. The van der Waals surface area contributed by atoms with Gasteiger partial charge in [0.2, 0.25) is 5.95 Å². The van der Waals surface area contributed by atoms with E-state index in [-0.39, 0.29) is 5.69 Å². The summed E-state index contributed by atoms with van der Waals surface area (Å²) in [5.41, 5.74) is 0.109. The Morgan fingerprint density at radius 1 is 1.16 bits per heavy atom. The van der Waals surface area contributed by atoms with Gasteiger partial charge in [-0.1, -0.05) is 6.92 Å². The zero-order chi connectivity index (χ0) is 18.0. The lowest BCUT2D eigenvalue weighted by Gasteiger charge is -2.30. The Kier molecular flexibility index (Phi) is 4.85. The van der Waals surface area contributed by atoms with Gasteiger partial charge in [0.25, 0.3) is 10.0 Å². The molecular formula is C16H18F2N4O2S. The molecule has 1 saturated heterocycles. The van der Waals surface area contributed by atoms with Crippen molar-refractivity contribution in [1.82, 2.24) is 9.97 Å². The highest BCUT2D eigenvalue weighted by Crippen LogP contribution is 2.22. The normalized spacial score (nSPS) is 16.0. The van der Waals surface area contributed by atoms with Gasteiger partial charge in [-0.05, 0) is 30.9 Å². The Morgan fingerprint density at radius 3 is 2.40 bits per heavy atom. The molecule has 134 valence electrons. The number of rotatable bonds is 4. The average molecular weight is 368 g/mol. The second kappa shape index (κ2) is 6.91. The average Bonchev–Trinajstić information content (AvgIpc) is 2.55. The predicted octanol–water partition coefficient (Wildman–Crippen LogP) is 2.79. The molecule has 1 aromatic heterocycles. The van der Waals surface area contributed by atoms with Crippen LogP contribution in [-0.4, -0.2) is 31.5 Å². The molecule has 1 aromatic carbocycles. The molecule has 25 heavy (non-hydrogen) atoms. The SMILES string of the molecule is CC1CCN(c2ncc(NS(=O)(=O)c3ccc(F)cc3F)cn2)CC1. The molecule has 1 aliphatic rings. The van der Waals surface area contributed by atoms with Crippen molar-refractivity contribution in [3.8, 4) is 0 Å². The summed E-state index contributed by atoms with van der Waals surface area (Å²) in [5.74, 6) is -0.803. The van der Waals surface area contributed by atoms with E-state index >= 15 is 0 Å². The number of sulfonamides is 1. The Labute approximate surface area is 145 Å². The van der Waals surface area contributed by atoms with Crippen LogP contribution in [0.2, 0.25) is 0 Å². The third kappa shape index (κ3) is 4.04. The number of hydrogen-bond acceptors (Lipinski definition) is 5. The Morgan fingerprint density at radius 2 is 1.80 bits per heavy atom. The Bertz CT molecular complexity index is 851. The monoisotopic (exact) mass is 368 g/mol. The predicted molar refractivity (Wildman–Crippen MR) is 89.8 cm³/mol. The molecule has 0 bridgehead atoms. The molecule has 1 N–H and O–H groups in total. The van der Waals surface area contributed by atoms with Crippen molar-refractivity contribution in [2.24, 2.45) is 5.92 Å². The lowest BCUT2D eigenvalue weighted by molar-refractivity contribution is 0.434. The van der Waals surface area contributed by atoms with E-state index in [1.807, 2.05) is 4.90 Å². The zero-order valence-electron chi connectivity index (χ0n) is 13.6. The quantitative estimate of drug-likeness (QED) is 0.898. The van der Waals surface area contributed by atoms with Crippen LogP contribution in [-0.2, 0) is 10.0 Å². The molecule has 2 aromatic rings. The van der Waals surface area contributed by atoms with Crippen molar-refractivity contribution >= 4 is 21.7 Å². The second-order valence-corrected chi connectivity index (χ2v) is 7.77. The molecule has 2 heterocycles. The van der Waals surface area contributed by atoms with Gasteiger partial charge >= 0.3 is 0 Å². The molecule has 1 fully saturated rings. The van der Waals surface area contributed by atoms with E-state index in [2.05, 4.69) is 21.6 Å². The lowest BCUT2D eigenvalue weighted by Crippen LogP contribution is -2.34. The summed E-state index contributed by atoms with van der Waals surface area (Å²) in [7, 11) is -4.19. The second-order valence-electron chi connectivity index (χ2n) is 6.12. The molecule has 0 aliphatic carbocycles. The highest BCUT2D eigenvalue weighted by Gasteiger charge is 2.21. The molecule has 0 unspecified atom stereocenters. The van der Waals surface area contributed by atoms with Crippen LogP contribution >= 0.6 is 0 Å². The summed E-state index contributed by atoms with van der Waals surface area (Å²) in [6.45, 7) is 3.91. The Balaban J connectivity index is 1.74. The first-order chi connectivity index (χ1) is 11.8. The van der Waals surface area contributed by atoms with Crippen molar-refractivity contribution in [3.05, 3.63) is 42.2 Å². The molecule has 0 amide bonds. The molecule has 3 rings (SSSR count). The standard InChI is InChI=1S/C16H18F2N4O2S/c1-11-4-6-22(7-5-11)16-19-9-13(10-20-16)21-25(23,24)15-3-2-12(17)8-14(15)18/h2-3,8-11,21H,4-7H2,1H3. The van der Waals surface area contributed by atoms with Gasteiger partial charge < -0.3 is 4.90 Å². The van der Waals surface area contributed by atoms with Gasteiger partial charge in [0.15, 0.2) is 0 Å². The maximum atomic E-state index is 13.7. The van der Waals surface area contributed by atoms with Gasteiger partial charge in [0, 0.05) is 19.2 Å². The molecule has 6 nitrogen and oxygen atoms in total. The topological polar surface area (TPSA) is 75.2 Å². The van der Waals surface area contributed by atoms with Crippen LogP contribution in [0.3, 0.4) is 0 Å². The number of nitrogens with zero attached hydrogens (tertiary/aromatic N) is 3. The van der Waals surface area contributed by atoms with Gasteiger partial charge in [-0.15, -0.1) is 0 Å². The van der Waals surface area contributed by atoms with Crippen LogP contribution in [0.5, 0.6) is 0 Å². The van der Waals surface area contributed by atoms with Gasteiger partial charge in [0.05, 0.1) is 18.1 Å². The number of halogens is 2. The van der Waals surface area contributed by atoms with E-state index in [0.717, 1.165) is 38.1 Å². The summed E-state index contributed by atoms with van der Waals surface area (Å²) < 4.78 is 53.3. The molecule has 0 atom stereocenters. The fourth-order valence-electron chi connectivity index (χ4n) is 2.65. The first-order valence-electron chi connectivity index (χ1n) is 7.90. The fraction of sp³-hybridized carbons (Fsp3) is 0.375. The molecule has 1 aliphatic heterocycles. The first-order valence-corrected chi connectivity index (χ1v) is 9.38. The molecule has 0 spiro atoms. The van der Waals surface area contributed by atoms with Crippen molar-refractivity contribution < 1.29 is 17.2 Å². The largest absolute Gasteiger partial charge is 0.341 e. The van der Waals surface area contributed by atoms with Crippen LogP contribution in [0.25, 0.3) is 0 Å². The van der Waals surface area contributed by atoms with Crippen LogP contribution in [0.15, 0.2) is 35.5 Å². The molecule has 0 saturated carbocycles. The number of anilines is 2. The third-order valence-corrected chi connectivity index (χ3v) is 5.55. The van der Waals surface area contributed by atoms with Crippen LogP contribution in [0.4, 0.5) is 20.4 Å². The van der Waals surface area contributed by atoms with Crippen molar-refractivity contribution in [3.63, 3.8) is 0 Å². The minimum atomic E-state index is -4.19. The maximum Gasteiger partial charge on any atom is 0.264 e. The van der Waals surface area contributed by atoms with Gasteiger partial charge in [-0.25, -0.2) is 27.2 Å². The minimum absolute atomic E-state index is 0.109. The number of piperidine rings is 1. The number of aromatic nitrogens is 2. The first kappa shape index (κ1) is 17.5. The maximum absolute atomic E-state index is 13.7. The zero-order valence-corrected chi connectivity index (χ0v) is 14.4. The summed E-state index contributed by atoms with van der Waals surface area (Å²) in [4.78, 5) is 9.76. The van der Waals surface area contributed by atoms with Crippen LogP contribution < -0.4 is 9.62 Å². The van der Waals surface area contributed by atoms with Crippen LogP contribution in [0, 0.1) is 17.6 Å². The summed E-state index contributed by atoms with van der Waals surface area (Å²) in [5, 5.41) is 0. The van der Waals surface area contributed by atoms with Gasteiger partial charge in [-0.2, -0.15) is 0 Å². The van der Waals surface area contributed by atoms with E-state index in [9.17, 15) is 17.2 Å². The lowest BCUT2D eigenvalue weighted by atomic mass is 10.00. The highest BCUT2D eigenvalue weighted by atomic mass is 32.2. The smallest absolute Gasteiger partial charge is 0.264 e. The molecular weight excluding hydrogens is 350 g/mol. The summed E-state index contributed by atoms with van der Waals surface area (Å²) in [6, 6.07) is 2.28. The number of benzene rings is 1. The molecule has 0 radical (unpaired) electrons. The van der Waals surface area contributed by atoms with Gasteiger partial charge in [-0.3, -0.25) is 4.72 Å². The summed E-state index contributed by atoms with van der Waals surface area (Å²) in [6.07, 6.45) is 4.78. The van der Waals surface area contributed by atoms with Crippen LogP contribution in [0.1, 0.15) is 19.8 Å². The van der Waals surface area contributed by atoms with E-state index in [1.54, 1.807) is 0 Å². The third-order valence-electron chi connectivity index (χ3n) is 4.14. The highest BCUT2D eigenvalue weighted by molar-refractivity contribution is 7.92. The minimum Gasteiger partial charge on any atom is -0.341 e. The molecule has 9 heteroatoms. The number of hydrogen-bond donors (Lipinski definition) is 1. The van der Waals surface area contributed by atoms with Crippen molar-refractivity contribution in [1.29, 1.82) is 0 Å². The Hall–Kier alpha value is -2.29. The van der Waals surface area contributed by atoms with E-state index < -0.39 is 26.6 Å². The van der Waals surface area contributed by atoms with Gasteiger partial charge in [0.1, 0.15) is 16.5 Å². The van der Waals surface area contributed by atoms with E-state index in [0.29, 0.717) is 17.9 Å². The van der Waals surface area contributed by atoms with E-state index in [4.69, 9.17) is 0 Å². The van der Waals surface area contributed by atoms with Crippen molar-refractivity contribution in [2.45, 2.75) is 24.7 Å². The number of nitrogens with one attached hydrogen (secondary N) is 1. The van der Waals surface area contributed by atoms with E-state index in [1.165, 1.54) is 12.4 Å².